The summed E-state index contributed by atoms with van der Waals surface area (Å²) in [5.41, 5.74) is 1.52. The van der Waals surface area contributed by atoms with Crippen molar-refractivity contribution in [3.8, 4) is 0 Å². The second-order valence-electron chi connectivity index (χ2n) is 4.95. The number of H-pyrrole nitrogens is 1. The molecule has 2 aromatic rings. The van der Waals surface area contributed by atoms with Crippen LogP contribution in [0.4, 0.5) is 0 Å². The molecule has 0 aromatic carbocycles. The van der Waals surface area contributed by atoms with Crippen molar-refractivity contribution >= 4 is 33.7 Å². The summed E-state index contributed by atoms with van der Waals surface area (Å²) in [4.78, 5) is 38.8. The topological polar surface area (TPSA) is 98.6 Å². The van der Waals surface area contributed by atoms with Crippen LogP contribution in [0.25, 0.3) is 0 Å². The normalized spacial score (nSPS) is 10.5. The molecule has 1 N–H and O–H groups in total. The standard InChI is InChI=1S/C16H16BrNO6/c1-4-22-16(21)13-8(2)14(18-9(13)3)10(19)7-23-15(20)11-5-6-12(17)24-11/h5-6,18H,4,7H2,1-3H3. The molecular weight excluding hydrogens is 382 g/mol. The van der Waals surface area contributed by atoms with Crippen molar-refractivity contribution < 1.29 is 28.3 Å². The Balaban J connectivity index is 2.09. The molecule has 0 amide bonds. The van der Waals surface area contributed by atoms with Gasteiger partial charge in [-0.25, -0.2) is 9.59 Å². The smallest absolute Gasteiger partial charge is 0.374 e. The van der Waals surface area contributed by atoms with Crippen LogP contribution >= 0.6 is 15.9 Å². The quantitative estimate of drug-likeness (QED) is 0.593. The molecule has 0 saturated heterocycles. The number of esters is 2. The Bertz CT molecular complexity index is 789. The fourth-order valence-corrected chi connectivity index (χ4v) is 2.54. The number of hydrogen-bond donors (Lipinski definition) is 1. The van der Waals surface area contributed by atoms with Crippen LogP contribution in [0.3, 0.4) is 0 Å². The van der Waals surface area contributed by atoms with E-state index in [4.69, 9.17) is 13.9 Å². The zero-order valence-electron chi connectivity index (χ0n) is 13.4. The van der Waals surface area contributed by atoms with Crippen molar-refractivity contribution in [2.75, 3.05) is 13.2 Å². The highest BCUT2D eigenvalue weighted by atomic mass is 79.9. The highest BCUT2D eigenvalue weighted by Crippen LogP contribution is 2.20. The molecule has 2 heterocycles. The Kier molecular flexibility index (Phi) is 5.61. The summed E-state index contributed by atoms with van der Waals surface area (Å²) in [6.07, 6.45) is 0. The summed E-state index contributed by atoms with van der Waals surface area (Å²) in [6.45, 7) is 4.77. The summed E-state index contributed by atoms with van der Waals surface area (Å²) in [5.74, 6) is -1.72. The maximum absolute atomic E-state index is 12.3. The third kappa shape index (κ3) is 3.76. The molecule has 0 fully saturated rings. The van der Waals surface area contributed by atoms with E-state index in [0.29, 0.717) is 21.5 Å². The minimum absolute atomic E-state index is 0.0127. The van der Waals surface area contributed by atoms with Crippen molar-refractivity contribution in [2.24, 2.45) is 0 Å². The summed E-state index contributed by atoms with van der Waals surface area (Å²) in [7, 11) is 0. The van der Waals surface area contributed by atoms with E-state index in [2.05, 4.69) is 20.9 Å². The van der Waals surface area contributed by atoms with Crippen molar-refractivity contribution in [1.29, 1.82) is 0 Å². The highest BCUT2D eigenvalue weighted by molar-refractivity contribution is 9.10. The van der Waals surface area contributed by atoms with Gasteiger partial charge in [0.15, 0.2) is 11.3 Å². The van der Waals surface area contributed by atoms with Gasteiger partial charge in [-0.15, -0.1) is 0 Å². The molecular formula is C16H16BrNO6. The number of halogens is 1. The van der Waals surface area contributed by atoms with Crippen molar-refractivity contribution in [3.63, 3.8) is 0 Å². The van der Waals surface area contributed by atoms with Gasteiger partial charge in [0.25, 0.3) is 0 Å². The Hall–Kier alpha value is -2.35. The lowest BCUT2D eigenvalue weighted by atomic mass is 10.1. The molecule has 2 rings (SSSR count). The van der Waals surface area contributed by atoms with E-state index in [9.17, 15) is 14.4 Å². The van der Waals surface area contributed by atoms with Gasteiger partial charge in [-0.1, -0.05) is 0 Å². The molecule has 2 aromatic heterocycles. The fourth-order valence-electron chi connectivity index (χ4n) is 2.24. The van der Waals surface area contributed by atoms with E-state index in [0.717, 1.165) is 0 Å². The Morgan fingerprint density at radius 1 is 1.17 bits per heavy atom. The maximum atomic E-state index is 12.3. The number of ketones is 1. The van der Waals surface area contributed by atoms with Crippen LogP contribution in [-0.4, -0.2) is 35.9 Å². The van der Waals surface area contributed by atoms with E-state index in [1.807, 2.05) is 0 Å². The lowest BCUT2D eigenvalue weighted by Crippen LogP contribution is -2.15. The molecule has 0 bridgehead atoms. The number of nitrogens with one attached hydrogen (secondary N) is 1. The predicted octanol–water partition coefficient (Wildman–Crippen LogP) is 3.20. The predicted molar refractivity (Wildman–Crippen MR) is 87.2 cm³/mol. The minimum Gasteiger partial charge on any atom is -0.462 e. The summed E-state index contributed by atoms with van der Waals surface area (Å²) < 4.78 is 15.3. The van der Waals surface area contributed by atoms with Gasteiger partial charge < -0.3 is 18.9 Å². The average molecular weight is 398 g/mol. The molecule has 8 heteroatoms. The van der Waals surface area contributed by atoms with Crippen LogP contribution in [0.5, 0.6) is 0 Å². The summed E-state index contributed by atoms with van der Waals surface area (Å²) >= 11 is 3.07. The number of aromatic nitrogens is 1. The third-order valence-electron chi connectivity index (χ3n) is 3.30. The molecule has 0 saturated carbocycles. The van der Waals surface area contributed by atoms with Crippen LogP contribution < -0.4 is 0 Å². The lowest BCUT2D eigenvalue weighted by molar-refractivity contribution is 0.0440. The molecule has 0 radical (unpaired) electrons. The average Bonchev–Trinajstić information content (AvgIpc) is 3.08. The van der Waals surface area contributed by atoms with Gasteiger partial charge in [-0.3, -0.25) is 4.79 Å². The number of furan rings is 1. The number of ether oxygens (including phenoxy) is 2. The number of hydrogen-bond acceptors (Lipinski definition) is 6. The van der Waals surface area contributed by atoms with E-state index in [1.165, 1.54) is 6.07 Å². The lowest BCUT2D eigenvalue weighted by Gasteiger charge is -2.03. The van der Waals surface area contributed by atoms with E-state index in [1.54, 1.807) is 26.8 Å². The SMILES string of the molecule is CCOC(=O)c1c(C)[nH]c(C(=O)COC(=O)c2ccc(Br)o2)c1C. The zero-order valence-corrected chi connectivity index (χ0v) is 15.0. The number of carbonyl (C=O) groups excluding carboxylic acids is 3. The molecule has 0 aliphatic rings. The van der Waals surface area contributed by atoms with E-state index in [-0.39, 0.29) is 18.1 Å². The van der Waals surface area contributed by atoms with Gasteiger partial charge in [0, 0.05) is 5.69 Å². The number of aryl methyl sites for hydroxylation is 1. The molecule has 0 unspecified atom stereocenters. The Morgan fingerprint density at radius 3 is 2.46 bits per heavy atom. The van der Waals surface area contributed by atoms with Gasteiger partial charge in [-0.05, 0) is 54.4 Å². The number of rotatable bonds is 6. The highest BCUT2D eigenvalue weighted by Gasteiger charge is 2.24. The largest absolute Gasteiger partial charge is 0.462 e. The van der Waals surface area contributed by atoms with Crippen LogP contribution in [0.2, 0.25) is 0 Å². The third-order valence-corrected chi connectivity index (χ3v) is 3.73. The summed E-state index contributed by atoms with van der Waals surface area (Å²) in [5, 5.41) is 0. The van der Waals surface area contributed by atoms with Gasteiger partial charge in [0.05, 0.1) is 17.9 Å². The first-order chi connectivity index (χ1) is 11.3. The summed E-state index contributed by atoms with van der Waals surface area (Å²) in [6, 6.07) is 2.97. The van der Waals surface area contributed by atoms with E-state index >= 15 is 0 Å². The molecule has 0 aliphatic heterocycles. The molecule has 0 aliphatic carbocycles. The zero-order chi connectivity index (χ0) is 17.9. The van der Waals surface area contributed by atoms with Gasteiger partial charge >= 0.3 is 11.9 Å². The molecule has 128 valence electrons. The Morgan fingerprint density at radius 2 is 1.88 bits per heavy atom. The van der Waals surface area contributed by atoms with Crippen LogP contribution in [0.1, 0.15) is 49.6 Å². The first-order valence-corrected chi connectivity index (χ1v) is 7.96. The molecule has 0 atom stereocenters. The first kappa shape index (κ1) is 18.0. The first-order valence-electron chi connectivity index (χ1n) is 7.17. The van der Waals surface area contributed by atoms with Crippen molar-refractivity contribution in [1.82, 2.24) is 4.98 Å². The maximum Gasteiger partial charge on any atom is 0.374 e. The number of aromatic amines is 1. The second-order valence-corrected chi connectivity index (χ2v) is 5.73. The monoisotopic (exact) mass is 397 g/mol. The van der Waals surface area contributed by atoms with Gasteiger partial charge in [0.2, 0.25) is 11.5 Å². The Labute approximate surface area is 146 Å². The van der Waals surface area contributed by atoms with Crippen LogP contribution in [0.15, 0.2) is 21.2 Å². The van der Waals surface area contributed by atoms with Gasteiger partial charge in [0.1, 0.15) is 0 Å². The number of carbonyl (C=O) groups is 3. The minimum atomic E-state index is -0.749. The molecule has 7 nitrogen and oxygen atoms in total. The van der Waals surface area contributed by atoms with Crippen LogP contribution in [0, 0.1) is 13.8 Å². The van der Waals surface area contributed by atoms with Crippen molar-refractivity contribution in [3.05, 3.63) is 45.1 Å². The molecule has 0 spiro atoms. The number of Topliss-reactive ketones (excluding diaryl/α,β-unsaturated/α-hetero) is 1. The van der Waals surface area contributed by atoms with E-state index < -0.39 is 24.3 Å². The fraction of sp³-hybridized carbons (Fsp3) is 0.312. The van der Waals surface area contributed by atoms with Crippen molar-refractivity contribution in [2.45, 2.75) is 20.8 Å². The second kappa shape index (κ2) is 7.48. The molecule has 24 heavy (non-hydrogen) atoms. The van der Waals surface area contributed by atoms with Gasteiger partial charge in [-0.2, -0.15) is 0 Å². The van der Waals surface area contributed by atoms with Crippen LogP contribution in [-0.2, 0) is 9.47 Å².